The van der Waals surface area contributed by atoms with E-state index in [1.807, 2.05) is 6.20 Å². The van der Waals surface area contributed by atoms with Crippen LogP contribution in [0.3, 0.4) is 0 Å². The molecular weight excluding hydrogens is 312 g/mol. The highest BCUT2D eigenvalue weighted by atomic mass is 16.3. The van der Waals surface area contributed by atoms with Crippen LogP contribution in [0.15, 0.2) is 6.20 Å². The molecule has 3 N–H and O–H groups in total. The topological polar surface area (TPSA) is 69.1 Å². The van der Waals surface area contributed by atoms with Crippen LogP contribution in [0, 0.1) is 40.4 Å². The lowest BCUT2D eigenvalue weighted by molar-refractivity contribution is -0.0878. The number of aromatic nitrogens is 2. The first-order chi connectivity index (χ1) is 11.9. The van der Waals surface area contributed by atoms with E-state index in [9.17, 15) is 10.2 Å². The third-order valence-corrected chi connectivity index (χ3v) is 8.95. The summed E-state index contributed by atoms with van der Waals surface area (Å²) >= 11 is 0. The van der Waals surface area contributed by atoms with E-state index in [1.54, 1.807) is 0 Å². The highest BCUT2D eigenvalue weighted by molar-refractivity contribution is 5.24. The van der Waals surface area contributed by atoms with Gasteiger partial charge in [-0.3, -0.25) is 5.10 Å². The molecule has 0 aromatic carbocycles. The quantitative estimate of drug-likeness (QED) is 0.787. The van der Waals surface area contributed by atoms with Crippen molar-refractivity contribution in [3.8, 4) is 0 Å². The lowest BCUT2D eigenvalue weighted by Gasteiger charge is -2.56. The zero-order valence-corrected chi connectivity index (χ0v) is 16.0. The van der Waals surface area contributed by atoms with Gasteiger partial charge in [-0.2, -0.15) is 5.10 Å². The van der Waals surface area contributed by atoms with Crippen molar-refractivity contribution in [1.82, 2.24) is 10.2 Å². The number of aliphatic hydroxyl groups excluding tert-OH is 2. The SMILES string of the molecule is C[C@H]1CC[C@H]2[C@H](CO)[C@@H]([C@@]3(C)Cc4cn[nH]c4C[C@@H]3CO)CC[C@]12C. The van der Waals surface area contributed by atoms with Crippen molar-refractivity contribution in [2.75, 3.05) is 13.2 Å². The van der Waals surface area contributed by atoms with E-state index in [4.69, 9.17) is 0 Å². The Labute approximate surface area is 151 Å². The van der Waals surface area contributed by atoms with Gasteiger partial charge < -0.3 is 10.2 Å². The first-order valence-electron chi connectivity index (χ1n) is 10.2. The molecular formula is C21H34N2O2. The summed E-state index contributed by atoms with van der Waals surface area (Å²) in [6.45, 7) is 7.77. The predicted octanol–water partition coefficient (Wildman–Crippen LogP) is 3.19. The summed E-state index contributed by atoms with van der Waals surface area (Å²) < 4.78 is 0. The van der Waals surface area contributed by atoms with Crippen LogP contribution in [0.25, 0.3) is 0 Å². The summed E-state index contributed by atoms with van der Waals surface area (Å²) in [5, 5.41) is 27.9. The van der Waals surface area contributed by atoms with Crippen molar-refractivity contribution in [3.63, 3.8) is 0 Å². The van der Waals surface area contributed by atoms with Gasteiger partial charge in [0.1, 0.15) is 0 Å². The standard InChI is InChI=1S/C21H34N2O2/c1-13-4-5-17-16(12-25)18(6-7-20(13,17)2)21(3)9-14-10-22-23-19(14)8-15(21)11-24/h10,13,15-18,24-25H,4-9,11-12H2,1-3H3,(H,22,23)/t13-,15+,16-,17-,18-,20+,21-/m0/s1. The van der Waals surface area contributed by atoms with Crippen LogP contribution in [-0.2, 0) is 12.8 Å². The fourth-order valence-electron chi connectivity index (χ4n) is 7.03. The Balaban J connectivity index is 1.68. The number of hydrogen-bond donors (Lipinski definition) is 3. The molecule has 0 bridgehead atoms. The number of rotatable bonds is 3. The van der Waals surface area contributed by atoms with Crippen molar-refractivity contribution in [2.24, 2.45) is 40.4 Å². The molecule has 2 fully saturated rings. The lowest BCUT2D eigenvalue weighted by Crippen LogP contribution is -2.52. The largest absolute Gasteiger partial charge is 0.396 e. The molecule has 140 valence electrons. The highest BCUT2D eigenvalue weighted by Crippen LogP contribution is 2.63. The van der Waals surface area contributed by atoms with Gasteiger partial charge in [0.15, 0.2) is 0 Å². The number of H-pyrrole nitrogens is 1. The Hall–Kier alpha value is -0.870. The second-order valence-electron chi connectivity index (χ2n) is 9.72. The van der Waals surface area contributed by atoms with Crippen molar-refractivity contribution >= 4 is 0 Å². The smallest absolute Gasteiger partial charge is 0.0522 e. The maximum atomic E-state index is 10.4. The fourth-order valence-corrected chi connectivity index (χ4v) is 7.03. The molecule has 7 atom stereocenters. The van der Waals surface area contributed by atoms with Crippen molar-refractivity contribution in [2.45, 2.75) is 59.3 Å². The van der Waals surface area contributed by atoms with Gasteiger partial charge in [-0.05, 0) is 84.5 Å². The second kappa shape index (κ2) is 6.09. The summed E-state index contributed by atoms with van der Waals surface area (Å²) in [4.78, 5) is 0. The van der Waals surface area contributed by atoms with Gasteiger partial charge in [0.2, 0.25) is 0 Å². The maximum absolute atomic E-state index is 10.4. The summed E-state index contributed by atoms with van der Waals surface area (Å²) in [5.41, 5.74) is 2.96. The normalized spacial score (nSPS) is 46.7. The minimum absolute atomic E-state index is 0.0478. The summed E-state index contributed by atoms with van der Waals surface area (Å²) in [6.07, 6.45) is 8.85. The average Bonchev–Trinajstić information content (AvgIpc) is 3.17. The third-order valence-electron chi connectivity index (χ3n) is 8.95. The molecule has 1 heterocycles. The summed E-state index contributed by atoms with van der Waals surface area (Å²) in [7, 11) is 0. The Morgan fingerprint density at radius 1 is 1.12 bits per heavy atom. The number of nitrogens with zero attached hydrogens (tertiary/aromatic N) is 1. The number of nitrogens with one attached hydrogen (secondary N) is 1. The molecule has 0 aliphatic heterocycles. The summed E-state index contributed by atoms with van der Waals surface area (Å²) in [6, 6.07) is 0. The minimum atomic E-state index is 0.0478. The van der Waals surface area contributed by atoms with E-state index in [0.717, 1.165) is 18.8 Å². The van der Waals surface area contributed by atoms with Gasteiger partial charge in [0.05, 0.1) is 6.20 Å². The van der Waals surface area contributed by atoms with Crippen molar-refractivity contribution < 1.29 is 10.2 Å². The Kier molecular flexibility index (Phi) is 4.27. The van der Waals surface area contributed by atoms with E-state index in [0.29, 0.717) is 29.8 Å². The third kappa shape index (κ3) is 2.43. The zero-order chi connectivity index (χ0) is 17.8. The van der Waals surface area contributed by atoms with E-state index in [2.05, 4.69) is 31.0 Å². The van der Waals surface area contributed by atoms with Crippen LogP contribution in [-0.4, -0.2) is 33.6 Å². The van der Waals surface area contributed by atoms with Gasteiger partial charge in [-0.1, -0.05) is 20.8 Å². The molecule has 4 heteroatoms. The first-order valence-corrected chi connectivity index (χ1v) is 10.2. The Morgan fingerprint density at radius 2 is 1.88 bits per heavy atom. The predicted molar refractivity (Wildman–Crippen MR) is 98.0 cm³/mol. The lowest BCUT2D eigenvalue weighted by atomic mass is 9.49. The van der Waals surface area contributed by atoms with E-state index in [-0.39, 0.29) is 17.9 Å². The summed E-state index contributed by atoms with van der Waals surface area (Å²) in [5.74, 6) is 2.51. The number of fused-ring (bicyclic) bond motifs is 2. The number of aliphatic hydroxyl groups is 2. The minimum Gasteiger partial charge on any atom is -0.396 e. The Morgan fingerprint density at radius 3 is 2.60 bits per heavy atom. The molecule has 1 aromatic heterocycles. The first kappa shape index (κ1) is 17.5. The molecule has 1 aromatic rings. The number of aromatic amines is 1. The molecule has 3 aliphatic carbocycles. The molecule has 4 rings (SSSR count). The van der Waals surface area contributed by atoms with Crippen LogP contribution in [0.2, 0.25) is 0 Å². The van der Waals surface area contributed by atoms with Crippen LogP contribution < -0.4 is 0 Å². The molecule has 0 spiro atoms. The van der Waals surface area contributed by atoms with E-state index < -0.39 is 0 Å². The molecule has 0 saturated heterocycles. The fraction of sp³-hybridized carbons (Fsp3) is 0.857. The van der Waals surface area contributed by atoms with Crippen LogP contribution in [0.1, 0.15) is 57.7 Å². The maximum Gasteiger partial charge on any atom is 0.0522 e. The number of hydrogen-bond acceptors (Lipinski definition) is 3. The van der Waals surface area contributed by atoms with Crippen molar-refractivity contribution in [1.29, 1.82) is 0 Å². The Bertz CT molecular complexity index is 629. The molecule has 3 aliphatic rings. The molecule has 0 radical (unpaired) electrons. The second-order valence-corrected chi connectivity index (χ2v) is 9.72. The highest BCUT2D eigenvalue weighted by Gasteiger charge is 2.57. The molecule has 25 heavy (non-hydrogen) atoms. The van der Waals surface area contributed by atoms with Gasteiger partial charge in [-0.25, -0.2) is 0 Å². The molecule has 0 amide bonds. The molecule has 2 saturated carbocycles. The van der Waals surface area contributed by atoms with Crippen LogP contribution >= 0.6 is 0 Å². The van der Waals surface area contributed by atoms with Crippen LogP contribution in [0.5, 0.6) is 0 Å². The monoisotopic (exact) mass is 346 g/mol. The van der Waals surface area contributed by atoms with E-state index >= 15 is 0 Å². The molecule has 4 nitrogen and oxygen atoms in total. The van der Waals surface area contributed by atoms with Gasteiger partial charge in [0.25, 0.3) is 0 Å². The molecule has 0 unspecified atom stereocenters. The zero-order valence-electron chi connectivity index (χ0n) is 16.0. The van der Waals surface area contributed by atoms with Gasteiger partial charge >= 0.3 is 0 Å². The van der Waals surface area contributed by atoms with Gasteiger partial charge in [-0.15, -0.1) is 0 Å². The average molecular weight is 347 g/mol. The van der Waals surface area contributed by atoms with Crippen molar-refractivity contribution in [3.05, 3.63) is 17.5 Å². The van der Waals surface area contributed by atoms with Crippen LogP contribution in [0.4, 0.5) is 0 Å². The van der Waals surface area contributed by atoms with E-state index in [1.165, 1.54) is 36.9 Å². The van der Waals surface area contributed by atoms with Gasteiger partial charge in [0, 0.05) is 18.9 Å².